The number of H-pyrrole nitrogens is 1. The van der Waals surface area contributed by atoms with Gasteiger partial charge in [-0.05, 0) is 17.7 Å². The third-order valence-corrected chi connectivity index (χ3v) is 3.34. The molecule has 23 heavy (non-hydrogen) atoms. The SMILES string of the molecule is COc1ccc(-c2c(C#N)c(N)[nH+]c(OC)c2C#N)cc1OC. The zero-order valence-corrected chi connectivity index (χ0v) is 12.9. The van der Waals surface area contributed by atoms with Crippen molar-refractivity contribution in [2.45, 2.75) is 0 Å². The van der Waals surface area contributed by atoms with Crippen molar-refractivity contribution in [1.82, 2.24) is 0 Å². The molecule has 0 fully saturated rings. The number of pyridine rings is 1. The summed E-state index contributed by atoms with van der Waals surface area (Å²) in [5.41, 5.74) is 7.19. The smallest absolute Gasteiger partial charge is 0.300 e. The first kappa shape index (κ1) is 15.9. The van der Waals surface area contributed by atoms with Gasteiger partial charge >= 0.3 is 5.88 Å². The van der Waals surface area contributed by atoms with Crippen LogP contribution in [0.25, 0.3) is 11.1 Å². The highest BCUT2D eigenvalue weighted by atomic mass is 16.5. The summed E-state index contributed by atoms with van der Waals surface area (Å²) in [7, 11) is 4.44. The molecule has 0 amide bonds. The quantitative estimate of drug-likeness (QED) is 0.915. The van der Waals surface area contributed by atoms with Crippen molar-refractivity contribution in [3.63, 3.8) is 0 Å². The number of anilines is 1. The van der Waals surface area contributed by atoms with Gasteiger partial charge < -0.3 is 14.2 Å². The molecule has 0 unspecified atom stereocenters. The van der Waals surface area contributed by atoms with Crippen molar-refractivity contribution in [3.8, 4) is 40.6 Å². The van der Waals surface area contributed by atoms with Crippen molar-refractivity contribution >= 4 is 5.82 Å². The van der Waals surface area contributed by atoms with Gasteiger partial charge in [0.2, 0.25) is 0 Å². The summed E-state index contributed by atoms with van der Waals surface area (Å²) in [6.45, 7) is 0. The monoisotopic (exact) mass is 311 g/mol. The van der Waals surface area contributed by atoms with Crippen LogP contribution in [0.5, 0.6) is 17.4 Å². The molecular formula is C16H15N4O3+. The molecule has 0 spiro atoms. The van der Waals surface area contributed by atoms with Crippen molar-refractivity contribution in [3.05, 3.63) is 29.3 Å². The Balaban J connectivity index is 2.84. The lowest BCUT2D eigenvalue weighted by Gasteiger charge is -2.12. The van der Waals surface area contributed by atoms with Gasteiger partial charge in [-0.1, -0.05) is 6.07 Å². The van der Waals surface area contributed by atoms with E-state index in [1.165, 1.54) is 21.3 Å². The van der Waals surface area contributed by atoms with E-state index in [4.69, 9.17) is 19.9 Å². The number of hydrogen-bond acceptors (Lipinski definition) is 6. The van der Waals surface area contributed by atoms with Gasteiger partial charge in [0.1, 0.15) is 17.7 Å². The minimum Gasteiger partial charge on any atom is -0.493 e. The molecule has 0 aliphatic rings. The molecule has 2 aromatic rings. The summed E-state index contributed by atoms with van der Waals surface area (Å²) in [5, 5.41) is 18.9. The van der Waals surface area contributed by atoms with Crippen molar-refractivity contribution < 1.29 is 19.2 Å². The van der Waals surface area contributed by atoms with Gasteiger partial charge in [-0.3, -0.25) is 5.73 Å². The second-order valence-corrected chi connectivity index (χ2v) is 4.49. The van der Waals surface area contributed by atoms with E-state index in [1.807, 2.05) is 12.1 Å². The van der Waals surface area contributed by atoms with Crippen LogP contribution >= 0.6 is 0 Å². The zero-order chi connectivity index (χ0) is 17.0. The van der Waals surface area contributed by atoms with Crippen LogP contribution in [0, 0.1) is 22.7 Å². The molecule has 1 heterocycles. The normalized spacial score (nSPS) is 9.61. The largest absolute Gasteiger partial charge is 0.493 e. The summed E-state index contributed by atoms with van der Waals surface area (Å²) < 4.78 is 15.6. The zero-order valence-electron chi connectivity index (χ0n) is 12.9. The van der Waals surface area contributed by atoms with Crippen molar-refractivity contribution in [2.24, 2.45) is 0 Å². The maximum absolute atomic E-state index is 9.47. The summed E-state index contributed by atoms with van der Waals surface area (Å²) >= 11 is 0. The fraction of sp³-hybridized carbons (Fsp3) is 0.188. The number of nitriles is 2. The molecule has 7 nitrogen and oxygen atoms in total. The van der Waals surface area contributed by atoms with E-state index in [2.05, 4.69) is 4.98 Å². The van der Waals surface area contributed by atoms with Crippen LogP contribution in [0.15, 0.2) is 18.2 Å². The number of nitrogens with zero attached hydrogens (tertiary/aromatic N) is 2. The average Bonchev–Trinajstić information content (AvgIpc) is 2.59. The first-order valence-corrected chi connectivity index (χ1v) is 6.56. The topological polar surface area (TPSA) is 115 Å². The number of aromatic amines is 1. The van der Waals surface area contributed by atoms with Crippen LogP contribution in [-0.4, -0.2) is 21.3 Å². The summed E-state index contributed by atoms with van der Waals surface area (Å²) in [6, 6.07) is 9.15. The van der Waals surface area contributed by atoms with E-state index in [9.17, 15) is 10.5 Å². The van der Waals surface area contributed by atoms with Gasteiger partial charge in [0, 0.05) is 5.56 Å². The van der Waals surface area contributed by atoms with Crippen LogP contribution < -0.4 is 24.9 Å². The third kappa shape index (κ3) is 2.68. The lowest BCUT2D eigenvalue weighted by atomic mass is 9.96. The van der Waals surface area contributed by atoms with Crippen molar-refractivity contribution in [1.29, 1.82) is 10.5 Å². The highest BCUT2D eigenvalue weighted by Crippen LogP contribution is 2.37. The number of hydrogen-bond donors (Lipinski definition) is 1. The molecule has 116 valence electrons. The number of nitrogen functional groups attached to an aromatic ring is 1. The molecule has 7 heteroatoms. The fourth-order valence-corrected chi connectivity index (χ4v) is 2.28. The highest BCUT2D eigenvalue weighted by molar-refractivity contribution is 5.81. The van der Waals surface area contributed by atoms with Gasteiger partial charge in [0.25, 0.3) is 5.82 Å². The predicted molar refractivity (Wildman–Crippen MR) is 81.9 cm³/mol. The Morgan fingerprint density at radius 1 is 0.957 bits per heavy atom. The molecule has 2 rings (SSSR count). The number of aromatic nitrogens is 1. The minimum absolute atomic E-state index is 0.119. The molecule has 0 radical (unpaired) electrons. The maximum atomic E-state index is 9.47. The van der Waals surface area contributed by atoms with Gasteiger partial charge in [-0.2, -0.15) is 10.5 Å². The molecule has 0 saturated heterocycles. The first-order valence-electron chi connectivity index (χ1n) is 6.56. The van der Waals surface area contributed by atoms with Crippen LogP contribution in [0.1, 0.15) is 11.1 Å². The molecule has 1 aromatic carbocycles. The summed E-state index contributed by atoms with van der Waals surface area (Å²) in [6.07, 6.45) is 0. The van der Waals surface area contributed by atoms with E-state index >= 15 is 0 Å². The molecule has 0 bridgehead atoms. The molecule has 0 atom stereocenters. The van der Waals surface area contributed by atoms with Gasteiger partial charge in [-0.25, -0.2) is 4.98 Å². The molecule has 3 N–H and O–H groups in total. The number of methoxy groups -OCH3 is 3. The number of nitrogens with two attached hydrogens (primary N) is 1. The molecular weight excluding hydrogens is 296 g/mol. The van der Waals surface area contributed by atoms with Gasteiger partial charge in [-0.15, -0.1) is 0 Å². The Labute approximate surface area is 133 Å². The molecule has 1 aromatic heterocycles. The Morgan fingerprint density at radius 2 is 1.61 bits per heavy atom. The maximum Gasteiger partial charge on any atom is 0.300 e. The lowest BCUT2D eigenvalue weighted by molar-refractivity contribution is -0.376. The van der Waals surface area contributed by atoms with Crippen LogP contribution in [0.3, 0.4) is 0 Å². The second-order valence-electron chi connectivity index (χ2n) is 4.49. The van der Waals surface area contributed by atoms with Gasteiger partial charge in [0.15, 0.2) is 17.1 Å². The number of nitrogens with one attached hydrogen (secondary N) is 1. The molecule has 0 aliphatic carbocycles. The van der Waals surface area contributed by atoms with E-state index < -0.39 is 0 Å². The summed E-state index contributed by atoms with van der Waals surface area (Å²) in [5.74, 6) is 1.32. The molecule has 0 saturated carbocycles. The predicted octanol–water partition coefficient (Wildman–Crippen LogP) is 1.52. The van der Waals surface area contributed by atoms with Crippen LogP contribution in [0.4, 0.5) is 5.82 Å². The van der Waals surface area contributed by atoms with E-state index in [0.717, 1.165) is 0 Å². The van der Waals surface area contributed by atoms with Crippen molar-refractivity contribution in [2.75, 3.05) is 27.1 Å². The Morgan fingerprint density at radius 3 is 2.13 bits per heavy atom. The Hall–Kier alpha value is -3.45. The second kappa shape index (κ2) is 6.54. The Kier molecular flexibility index (Phi) is 4.53. The van der Waals surface area contributed by atoms with E-state index in [-0.39, 0.29) is 22.8 Å². The molecule has 0 aliphatic heterocycles. The number of benzene rings is 1. The van der Waals surface area contributed by atoms with Crippen LogP contribution in [-0.2, 0) is 0 Å². The van der Waals surface area contributed by atoms with E-state index in [1.54, 1.807) is 18.2 Å². The summed E-state index contributed by atoms with van der Waals surface area (Å²) in [4.78, 5) is 2.71. The standard InChI is InChI=1S/C16H14N4O3/c1-21-12-5-4-9(6-13(12)22-2)14-10(7-17)15(19)20-16(23-3)11(14)8-18/h4-6H,1-3H3,(H2,19,20)/p+1. The van der Waals surface area contributed by atoms with E-state index in [0.29, 0.717) is 22.6 Å². The highest BCUT2D eigenvalue weighted by Gasteiger charge is 2.24. The number of ether oxygens (including phenoxy) is 3. The lowest BCUT2D eigenvalue weighted by Crippen LogP contribution is -2.18. The average molecular weight is 311 g/mol. The third-order valence-electron chi connectivity index (χ3n) is 3.34. The van der Waals surface area contributed by atoms with Crippen LogP contribution in [0.2, 0.25) is 0 Å². The fourth-order valence-electron chi connectivity index (χ4n) is 2.28. The first-order chi connectivity index (χ1) is 11.1. The van der Waals surface area contributed by atoms with Gasteiger partial charge in [0.05, 0.1) is 21.3 Å². The minimum atomic E-state index is 0.119. The Bertz CT molecular complexity index is 835. The number of rotatable bonds is 4.